The lowest BCUT2D eigenvalue weighted by Gasteiger charge is -2.28. The molecular formula is C10H20N2O. The lowest BCUT2D eigenvalue weighted by Crippen LogP contribution is -2.35. The Morgan fingerprint density at radius 1 is 1.46 bits per heavy atom. The Morgan fingerprint density at radius 3 is 2.77 bits per heavy atom. The van der Waals surface area contributed by atoms with Gasteiger partial charge in [0.2, 0.25) is 0 Å². The normalized spacial score (nSPS) is 28.4. The topological polar surface area (TPSA) is 55.1 Å². The SMILES string of the molecule is CCC1CCCC(CNC(N)=O)C1. The molecule has 0 aromatic carbocycles. The second-order valence-corrected chi connectivity index (χ2v) is 4.05. The number of hydrogen-bond donors (Lipinski definition) is 2. The van der Waals surface area contributed by atoms with E-state index in [1.807, 2.05) is 0 Å². The summed E-state index contributed by atoms with van der Waals surface area (Å²) in [5, 5.41) is 2.70. The van der Waals surface area contributed by atoms with Crippen molar-refractivity contribution < 1.29 is 4.79 Å². The number of urea groups is 1. The molecule has 1 fully saturated rings. The number of nitrogens with two attached hydrogens (primary N) is 1. The maximum atomic E-state index is 10.5. The van der Waals surface area contributed by atoms with Crippen molar-refractivity contribution in [2.24, 2.45) is 17.6 Å². The van der Waals surface area contributed by atoms with Gasteiger partial charge in [-0.25, -0.2) is 4.79 Å². The molecule has 2 unspecified atom stereocenters. The fraction of sp³-hybridized carbons (Fsp3) is 0.900. The van der Waals surface area contributed by atoms with Crippen LogP contribution in [0.4, 0.5) is 4.79 Å². The zero-order valence-corrected chi connectivity index (χ0v) is 8.38. The van der Waals surface area contributed by atoms with Crippen molar-refractivity contribution in [3.63, 3.8) is 0 Å². The number of hydrogen-bond acceptors (Lipinski definition) is 1. The standard InChI is InChI=1S/C10H20N2O/c1-2-8-4-3-5-9(6-8)7-12-10(11)13/h8-9H,2-7H2,1H3,(H3,11,12,13). The van der Waals surface area contributed by atoms with E-state index in [0.29, 0.717) is 5.92 Å². The van der Waals surface area contributed by atoms with E-state index >= 15 is 0 Å². The molecule has 3 heteroatoms. The molecule has 1 aliphatic rings. The Bertz CT molecular complexity index is 170. The van der Waals surface area contributed by atoms with Gasteiger partial charge in [0, 0.05) is 6.54 Å². The number of primary amides is 1. The van der Waals surface area contributed by atoms with Gasteiger partial charge < -0.3 is 11.1 Å². The minimum atomic E-state index is -0.390. The van der Waals surface area contributed by atoms with Crippen molar-refractivity contribution in [1.29, 1.82) is 0 Å². The van der Waals surface area contributed by atoms with Crippen molar-refractivity contribution in [1.82, 2.24) is 5.32 Å². The van der Waals surface area contributed by atoms with Gasteiger partial charge in [-0.1, -0.05) is 26.2 Å². The van der Waals surface area contributed by atoms with E-state index in [-0.39, 0.29) is 0 Å². The first-order chi connectivity index (χ1) is 6.22. The molecule has 13 heavy (non-hydrogen) atoms. The number of amides is 2. The van der Waals surface area contributed by atoms with E-state index < -0.39 is 6.03 Å². The summed E-state index contributed by atoms with van der Waals surface area (Å²) in [5.41, 5.74) is 5.03. The van der Waals surface area contributed by atoms with Crippen LogP contribution < -0.4 is 11.1 Å². The Hall–Kier alpha value is -0.730. The fourth-order valence-electron chi connectivity index (χ4n) is 2.20. The van der Waals surface area contributed by atoms with Gasteiger partial charge in [-0.3, -0.25) is 0 Å². The van der Waals surface area contributed by atoms with E-state index in [4.69, 9.17) is 5.73 Å². The second kappa shape index (κ2) is 5.10. The minimum Gasteiger partial charge on any atom is -0.352 e. The molecule has 2 amide bonds. The van der Waals surface area contributed by atoms with Crippen molar-refractivity contribution in [2.75, 3.05) is 6.54 Å². The molecule has 3 nitrogen and oxygen atoms in total. The third kappa shape index (κ3) is 3.66. The number of rotatable bonds is 3. The van der Waals surface area contributed by atoms with Gasteiger partial charge in [-0.15, -0.1) is 0 Å². The van der Waals surface area contributed by atoms with Gasteiger partial charge in [0.1, 0.15) is 0 Å². The highest BCUT2D eigenvalue weighted by Gasteiger charge is 2.20. The predicted molar refractivity (Wildman–Crippen MR) is 53.3 cm³/mol. The van der Waals surface area contributed by atoms with Crippen LogP contribution in [0.25, 0.3) is 0 Å². The smallest absolute Gasteiger partial charge is 0.312 e. The van der Waals surface area contributed by atoms with Crippen LogP contribution in [-0.2, 0) is 0 Å². The molecule has 0 heterocycles. The van der Waals surface area contributed by atoms with Crippen LogP contribution in [0.2, 0.25) is 0 Å². The highest BCUT2D eigenvalue weighted by Crippen LogP contribution is 2.30. The molecule has 3 N–H and O–H groups in total. The molecule has 2 atom stereocenters. The number of carbonyl (C=O) groups is 1. The highest BCUT2D eigenvalue weighted by molar-refractivity contribution is 5.71. The lowest BCUT2D eigenvalue weighted by molar-refractivity contribution is 0.233. The summed E-state index contributed by atoms with van der Waals surface area (Å²) < 4.78 is 0. The molecule has 1 rings (SSSR count). The van der Waals surface area contributed by atoms with Gasteiger partial charge >= 0.3 is 6.03 Å². The summed E-state index contributed by atoms with van der Waals surface area (Å²) in [6.45, 7) is 3.01. The zero-order chi connectivity index (χ0) is 9.68. The molecule has 0 aliphatic heterocycles. The van der Waals surface area contributed by atoms with Crippen molar-refractivity contribution >= 4 is 6.03 Å². The molecule has 0 bridgehead atoms. The van der Waals surface area contributed by atoms with E-state index in [1.54, 1.807) is 0 Å². The Balaban J connectivity index is 2.21. The van der Waals surface area contributed by atoms with Crippen LogP contribution in [0.5, 0.6) is 0 Å². The van der Waals surface area contributed by atoms with Gasteiger partial charge in [-0.2, -0.15) is 0 Å². The Labute approximate surface area is 80.1 Å². The third-order valence-corrected chi connectivity index (χ3v) is 3.03. The molecule has 0 spiro atoms. The lowest BCUT2D eigenvalue weighted by atomic mass is 9.80. The van der Waals surface area contributed by atoms with Gasteiger partial charge in [-0.05, 0) is 24.7 Å². The second-order valence-electron chi connectivity index (χ2n) is 4.05. The van der Waals surface area contributed by atoms with Crippen LogP contribution >= 0.6 is 0 Å². The molecule has 0 radical (unpaired) electrons. The number of carbonyl (C=O) groups excluding carboxylic acids is 1. The molecular weight excluding hydrogens is 164 g/mol. The average Bonchev–Trinajstić information content (AvgIpc) is 2.15. The quantitative estimate of drug-likeness (QED) is 0.691. The molecule has 0 aromatic rings. The van der Waals surface area contributed by atoms with E-state index in [0.717, 1.165) is 12.5 Å². The highest BCUT2D eigenvalue weighted by atomic mass is 16.2. The molecule has 1 aliphatic carbocycles. The van der Waals surface area contributed by atoms with Crippen molar-refractivity contribution in [3.05, 3.63) is 0 Å². The fourth-order valence-corrected chi connectivity index (χ4v) is 2.20. The largest absolute Gasteiger partial charge is 0.352 e. The minimum absolute atomic E-state index is 0.390. The van der Waals surface area contributed by atoms with Crippen molar-refractivity contribution in [3.8, 4) is 0 Å². The summed E-state index contributed by atoms with van der Waals surface area (Å²) >= 11 is 0. The molecule has 0 aromatic heterocycles. The first-order valence-corrected chi connectivity index (χ1v) is 5.25. The number of nitrogens with one attached hydrogen (secondary N) is 1. The zero-order valence-electron chi connectivity index (χ0n) is 8.38. The van der Waals surface area contributed by atoms with E-state index in [1.165, 1.54) is 32.1 Å². The van der Waals surface area contributed by atoms with Crippen LogP contribution in [-0.4, -0.2) is 12.6 Å². The maximum absolute atomic E-state index is 10.5. The van der Waals surface area contributed by atoms with Crippen LogP contribution in [0.15, 0.2) is 0 Å². The summed E-state index contributed by atoms with van der Waals surface area (Å²) in [6, 6.07) is -0.390. The monoisotopic (exact) mass is 184 g/mol. The van der Waals surface area contributed by atoms with Gasteiger partial charge in [0.15, 0.2) is 0 Å². The Morgan fingerprint density at radius 2 is 2.15 bits per heavy atom. The van der Waals surface area contributed by atoms with Crippen LogP contribution in [0, 0.1) is 11.8 Å². The maximum Gasteiger partial charge on any atom is 0.312 e. The van der Waals surface area contributed by atoms with Crippen LogP contribution in [0.3, 0.4) is 0 Å². The predicted octanol–water partition coefficient (Wildman–Crippen LogP) is 1.87. The van der Waals surface area contributed by atoms with Gasteiger partial charge in [0.25, 0.3) is 0 Å². The summed E-state index contributed by atoms with van der Waals surface area (Å²) in [5.74, 6) is 1.53. The van der Waals surface area contributed by atoms with Crippen molar-refractivity contribution in [2.45, 2.75) is 39.0 Å². The molecule has 76 valence electrons. The summed E-state index contributed by atoms with van der Waals surface area (Å²) in [4.78, 5) is 10.5. The first kappa shape index (κ1) is 10.4. The van der Waals surface area contributed by atoms with E-state index in [9.17, 15) is 4.79 Å². The van der Waals surface area contributed by atoms with Crippen LogP contribution in [0.1, 0.15) is 39.0 Å². The summed E-state index contributed by atoms with van der Waals surface area (Å²) in [7, 11) is 0. The third-order valence-electron chi connectivity index (χ3n) is 3.03. The molecule has 0 saturated heterocycles. The molecule has 1 saturated carbocycles. The van der Waals surface area contributed by atoms with Gasteiger partial charge in [0.05, 0.1) is 0 Å². The first-order valence-electron chi connectivity index (χ1n) is 5.25. The van der Waals surface area contributed by atoms with E-state index in [2.05, 4.69) is 12.2 Å². The average molecular weight is 184 g/mol. The summed E-state index contributed by atoms with van der Waals surface area (Å²) in [6.07, 6.45) is 6.45. The Kier molecular flexibility index (Phi) is 4.06.